The molecule has 28 nitrogen and oxygen atoms in total. The van der Waals surface area contributed by atoms with Gasteiger partial charge in [-0.05, 0) is 75.3 Å². The van der Waals surface area contributed by atoms with E-state index in [1.807, 2.05) is 24.3 Å². The van der Waals surface area contributed by atoms with E-state index in [4.69, 9.17) is 27.8 Å². The van der Waals surface area contributed by atoms with E-state index in [0.717, 1.165) is 23.3 Å². The van der Waals surface area contributed by atoms with Gasteiger partial charge in [-0.3, -0.25) is 39.4 Å². The second-order valence-electron chi connectivity index (χ2n) is 24.9. The monoisotopic (exact) mass is 1380 g/mol. The van der Waals surface area contributed by atoms with E-state index in [1.54, 1.807) is 108 Å². The van der Waals surface area contributed by atoms with Gasteiger partial charge in [-0.2, -0.15) is 0 Å². The number of amides is 6. The van der Waals surface area contributed by atoms with E-state index in [1.165, 1.54) is 40.3 Å². The van der Waals surface area contributed by atoms with Crippen LogP contribution < -0.4 is 21.3 Å². The van der Waals surface area contributed by atoms with Crippen LogP contribution in [0.5, 0.6) is 0 Å². The van der Waals surface area contributed by atoms with Crippen LogP contribution >= 0.6 is 0 Å². The summed E-state index contributed by atoms with van der Waals surface area (Å²) in [7, 11) is 0. The number of allylic oxidation sites excluding steroid dienone is 4. The summed E-state index contributed by atoms with van der Waals surface area (Å²) in [5.41, 5.74) is 1.25. The maximum atomic E-state index is 13.7. The number of aliphatic hydroxyl groups is 2. The second-order valence-corrected chi connectivity index (χ2v) is 24.9. The summed E-state index contributed by atoms with van der Waals surface area (Å²) >= 11 is 0. The van der Waals surface area contributed by atoms with E-state index in [2.05, 4.69) is 41.2 Å². The Kier molecular flexibility index (Phi) is 27.6. The number of Topliss-reactive ketones (excluding diaryl/α,β-unsaturated/α-hetero) is 2. The summed E-state index contributed by atoms with van der Waals surface area (Å²) in [6, 6.07) is 12.5. The summed E-state index contributed by atoms with van der Waals surface area (Å²) < 4.78 is 33.8. The molecule has 9 rings (SSSR count). The van der Waals surface area contributed by atoms with Gasteiger partial charge >= 0.3 is 24.1 Å². The van der Waals surface area contributed by atoms with Crippen molar-refractivity contribution in [2.45, 2.75) is 129 Å². The molecule has 1 aromatic carbocycles. The molecule has 4 aromatic heterocycles. The number of aromatic nitrogens is 4. The van der Waals surface area contributed by atoms with Crippen LogP contribution in [0.15, 0.2) is 154 Å². The van der Waals surface area contributed by atoms with Gasteiger partial charge in [0.2, 0.25) is 23.6 Å². The van der Waals surface area contributed by atoms with Gasteiger partial charge in [0, 0.05) is 80.5 Å². The minimum atomic E-state index is -1.05. The highest BCUT2D eigenvalue weighted by molar-refractivity contribution is 5.97. The molecule has 0 unspecified atom stereocenters. The smallest absolute Gasteiger partial charge is 0.412 e. The number of ether oxygens (including phenoxy) is 4. The molecule has 5 aromatic rings. The number of hydrogen-bond donors (Lipinski definition) is 6. The fraction of sp³-hybridized carbons (Fsp3) is 0.417. The van der Waals surface area contributed by atoms with Crippen LogP contribution in [0.2, 0.25) is 0 Å². The third-order valence-corrected chi connectivity index (χ3v) is 16.6. The Morgan fingerprint density at radius 1 is 0.620 bits per heavy atom. The third-order valence-electron chi connectivity index (χ3n) is 16.6. The molecule has 10 atom stereocenters. The molecule has 0 spiro atoms. The lowest BCUT2D eigenvalue weighted by Gasteiger charge is -2.30. The minimum Gasteiger partial charge on any atom is -0.460 e. The number of aliphatic hydroxyl groups excluding tert-OH is 2. The molecule has 28 heteroatoms. The first-order chi connectivity index (χ1) is 48.0. The molecular formula is C72H84N10O18. The van der Waals surface area contributed by atoms with Crippen LogP contribution in [0.4, 0.5) is 21.2 Å². The van der Waals surface area contributed by atoms with Crippen LogP contribution in [0.1, 0.15) is 113 Å². The highest BCUT2D eigenvalue weighted by atomic mass is 16.6. The number of esters is 2. The quantitative estimate of drug-likeness (QED) is 0.0648. The maximum absolute atomic E-state index is 13.7. The standard InChI is InChI=1S/C38H43N5O9.C34H41N5O9/c1-23-8-6-14-39-33(46)13-12-24(2)35(25(3)21-51-38(49)42-32-17-26-9-4-5-10-27(26)20-40-32)52-37(48)31-11-7-15-43(31)36(47)30-22-50-34(41-30)19-29(45)18-28(44)16-23;1-21-8-6-14-36-29(42)12-11-22(2)31(23(3)19-47-34(45)38-28-10-4-5-13-35-28)48-33(44)27-9-7-15-39(27)32(43)26-20-46-30(37-26)18-25(41)17-24(40)16-21/h4-6,8-10,12-13,16-17,20,22,24-25,28,31,35,44H,7,11,14-15,18-19,21H2,1-3H3,(H,39,46)(H,40,42,49);4-6,8,10-13,16,20,22-24,27,31,40H,7,9,14-15,17-19H2,1-3H3,(H,36,42)(H,35,38,45)/b8-6?,13-12+,23-16?;8-6?,12-11+,21-16?/t24-,25-,28-,31-,35+;22-,23-,24-,27-,31+/m11/s1. The third kappa shape index (κ3) is 22.7. The van der Waals surface area contributed by atoms with E-state index in [0.29, 0.717) is 48.5 Å². The first-order valence-corrected chi connectivity index (χ1v) is 33.0. The molecule has 4 aliphatic rings. The molecule has 6 N–H and O–H groups in total. The average Bonchev–Trinajstić information content (AvgIpc) is 1.64. The fourth-order valence-electron chi connectivity index (χ4n) is 11.6. The Balaban J connectivity index is 0.000000255. The number of cyclic esters (lactones) is 2. The van der Waals surface area contributed by atoms with Crippen LogP contribution in [-0.4, -0.2) is 175 Å². The Hall–Kier alpha value is -10.7. The van der Waals surface area contributed by atoms with Gasteiger partial charge in [0.25, 0.3) is 11.8 Å². The second kappa shape index (κ2) is 36.7. The number of nitrogens with one attached hydrogen (secondary N) is 4. The van der Waals surface area contributed by atoms with Gasteiger partial charge in [0.15, 0.2) is 11.4 Å². The van der Waals surface area contributed by atoms with Gasteiger partial charge in [-0.15, -0.1) is 0 Å². The molecule has 2 fully saturated rings. The van der Waals surface area contributed by atoms with Crippen molar-refractivity contribution in [2.75, 3.05) is 50.0 Å². The molecule has 8 heterocycles. The predicted molar refractivity (Wildman–Crippen MR) is 362 cm³/mol. The molecule has 530 valence electrons. The van der Waals surface area contributed by atoms with Gasteiger partial charge in [-0.1, -0.05) is 118 Å². The van der Waals surface area contributed by atoms with Crippen molar-refractivity contribution < 1.29 is 85.9 Å². The lowest BCUT2D eigenvalue weighted by atomic mass is 9.93. The zero-order valence-electron chi connectivity index (χ0n) is 56.5. The highest BCUT2D eigenvalue weighted by Gasteiger charge is 2.41. The topological polar surface area (TPSA) is 381 Å². The fourth-order valence-corrected chi connectivity index (χ4v) is 11.6. The molecule has 0 radical (unpaired) electrons. The largest absolute Gasteiger partial charge is 0.460 e. The zero-order chi connectivity index (χ0) is 71.8. The number of hydrogen-bond acceptors (Lipinski definition) is 22. The van der Waals surface area contributed by atoms with E-state index in [-0.39, 0.29) is 106 Å². The first kappa shape index (κ1) is 75.0. The van der Waals surface area contributed by atoms with Crippen molar-refractivity contribution >= 4 is 81.7 Å². The van der Waals surface area contributed by atoms with Crippen LogP contribution in [0.3, 0.4) is 0 Å². The van der Waals surface area contributed by atoms with Crippen LogP contribution in [0, 0.1) is 23.7 Å². The van der Waals surface area contributed by atoms with Crippen molar-refractivity contribution in [2.24, 2.45) is 23.7 Å². The molecule has 4 bridgehead atoms. The Labute approximate surface area is 577 Å². The van der Waals surface area contributed by atoms with Crippen LogP contribution in [0.25, 0.3) is 10.8 Å². The van der Waals surface area contributed by atoms with Gasteiger partial charge in [0.1, 0.15) is 60.0 Å². The summed E-state index contributed by atoms with van der Waals surface area (Å²) in [5.74, 6) is -5.29. The Bertz CT molecular complexity index is 3930. The SMILES string of the molecule is CC1=C[C@@H](O)CC(=O)Cc2nc(co2)C(=O)N2CCC[C@@H]2C(=O)O[C@H]([C@H](C)COC(=O)Nc2cc3ccccc3cn2)[C@H](C)/C=C/C(=O)NCC=C1.CC1=C[C@@H](O)CC(=O)Cc2nc(co2)C(=O)N2CCC[C@@H]2C(=O)O[C@H]([C@H](C)COC(=O)Nc2ccccn2)[C@H](C)/C=C/C(=O)NCC=C1. The number of carbonyl (C=O) groups is 10. The van der Waals surface area contributed by atoms with Gasteiger partial charge in [0.05, 0.1) is 38.3 Å². The van der Waals surface area contributed by atoms with Crippen molar-refractivity contribution in [3.05, 3.63) is 169 Å². The van der Waals surface area contributed by atoms with Crippen molar-refractivity contribution in [1.82, 2.24) is 40.4 Å². The molecule has 6 amide bonds. The summed E-state index contributed by atoms with van der Waals surface area (Å²) in [6.07, 6.45) is 16.9. The number of ketones is 2. The maximum Gasteiger partial charge on any atom is 0.412 e. The molecule has 0 saturated carbocycles. The first-order valence-electron chi connectivity index (χ1n) is 33.0. The number of benzene rings is 1. The van der Waals surface area contributed by atoms with Gasteiger partial charge < -0.3 is 58.4 Å². The van der Waals surface area contributed by atoms with E-state index >= 15 is 0 Å². The predicted octanol–water partition coefficient (Wildman–Crippen LogP) is 7.47. The summed E-state index contributed by atoms with van der Waals surface area (Å²) in [4.78, 5) is 149. The number of rotatable bonds is 8. The van der Waals surface area contributed by atoms with Gasteiger partial charge in [-0.25, -0.2) is 39.1 Å². The molecular weight excluding hydrogens is 1290 g/mol. The lowest BCUT2D eigenvalue weighted by molar-refractivity contribution is -0.160. The summed E-state index contributed by atoms with van der Waals surface area (Å²) in [6.45, 7) is 11.2. The van der Waals surface area contributed by atoms with Crippen LogP contribution in [-0.2, 0) is 60.6 Å². The Morgan fingerprint density at radius 2 is 1.08 bits per heavy atom. The number of carbonyl (C=O) groups excluding carboxylic acids is 10. The average molecular weight is 1380 g/mol. The van der Waals surface area contributed by atoms with E-state index < -0.39 is 102 Å². The minimum absolute atomic E-state index is 0.0172. The molecule has 4 aliphatic heterocycles. The number of anilines is 2. The van der Waals surface area contributed by atoms with Crippen molar-refractivity contribution in [3.8, 4) is 0 Å². The lowest BCUT2D eigenvalue weighted by Crippen LogP contribution is -2.44. The van der Waals surface area contributed by atoms with E-state index in [9.17, 15) is 58.2 Å². The zero-order valence-corrected chi connectivity index (χ0v) is 56.5. The number of fused-ring (bicyclic) bond motifs is 7. The van der Waals surface area contributed by atoms with Crippen molar-refractivity contribution in [1.29, 1.82) is 0 Å². The number of nitrogens with zero attached hydrogens (tertiary/aromatic N) is 6. The highest BCUT2D eigenvalue weighted by Crippen LogP contribution is 2.29. The summed E-state index contributed by atoms with van der Waals surface area (Å²) in [5, 5.41) is 33.2. The number of oxazole rings is 2. The molecule has 0 aliphatic carbocycles. The molecule has 100 heavy (non-hydrogen) atoms. The Morgan fingerprint density at radius 3 is 1.55 bits per heavy atom. The normalized spacial score (nSPS) is 24.0. The van der Waals surface area contributed by atoms with Crippen molar-refractivity contribution in [3.63, 3.8) is 0 Å². The molecule has 2 saturated heterocycles. The number of pyridine rings is 2.